The van der Waals surface area contributed by atoms with Gasteiger partial charge in [-0.15, -0.1) is 5.10 Å². The second-order valence-corrected chi connectivity index (χ2v) is 6.10. The SMILES string of the molecule is CC(C)(C)c1nnsc1C(O)Cc1cccnc1. The van der Waals surface area contributed by atoms with E-state index in [1.54, 1.807) is 12.4 Å². The molecule has 2 heterocycles. The van der Waals surface area contributed by atoms with Gasteiger partial charge in [-0.2, -0.15) is 0 Å². The van der Waals surface area contributed by atoms with E-state index in [4.69, 9.17) is 0 Å². The van der Waals surface area contributed by atoms with Gasteiger partial charge in [-0.05, 0) is 23.2 Å². The fourth-order valence-corrected chi connectivity index (χ4v) is 2.62. The van der Waals surface area contributed by atoms with Crippen LogP contribution in [0.15, 0.2) is 24.5 Å². The fourth-order valence-electron chi connectivity index (χ4n) is 1.77. The number of nitrogens with zero attached hydrogens (tertiary/aromatic N) is 3. The van der Waals surface area contributed by atoms with Crippen molar-refractivity contribution in [3.05, 3.63) is 40.7 Å². The van der Waals surface area contributed by atoms with E-state index < -0.39 is 6.10 Å². The van der Waals surface area contributed by atoms with E-state index in [0.717, 1.165) is 16.1 Å². The van der Waals surface area contributed by atoms with Gasteiger partial charge in [-0.1, -0.05) is 31.3 Å². The molecule has 0 radical (unpaired) electrons. The maximum absolute atomic E-state index is 10.3. The molecular weight excluding hydrogens is 246 g/mol. The van der Waals surface area contributed by atoms with E-state index in [-0.39, 0.29) is 5.41 Å². The predicted octanol–water partition coefficient (Wildman–Crippen LogP) is 2.51. The van der Waals surface area contributed by atoms with Crippen LogP contribution in [0.3, 0.4) is 0 Å². The molecule has 1 unspecified atom stereocenters. The molecule has 18 heavy (non-hydrogen) atoms. The van der Waals surface area contributed by atoms with E-state index in [1.807, 2.05) is 12.1 Å². The van der Waals surface area contributed by atoms with Crippen molar-refractivity contribution in [2.45, 2.75) is 38.7 Å². The van der Waals surface area contributed by atoms with Gasteiger partial charge in [0, 0.05) is 24.2 Å². The number of pyridine rings is 1. The van der Waals surface area contributed by atoms with Crippen LogP contribution in [0.5, 0.6) is 0 Å². The Balaban J connectivity index is 2.20. The lowest BCUT2D eigenvalue weighted by molar-refractivity contribution is 0.179. The van der Waals surface area contributed by atoms with Crippen molar-refractivity contribution < 1.29 is 5.11 Å². The Bertz CT molecular complexity index is 504. The summed E-state index contributed by atoms with van der Waals surface area (Å²) in [5.74, 6) is 0. The normalized spacial score (nSPS) is 13.6. The van der Waals surface area contributed by atoms with Gasteiger partial charge in [-0.25, -0.2) is 0 Å². The molecule has 2 rings (SSSR count). The molecule has 0 bridgehead atoms. The second kappa shape index (κ2) is 5.12. The van der Waals surface area contributed by atoms with Crippen LogP contribution in [0.2, 0.25) is 0 Å². The molecule has 0 spiro atoms. The molecule has 0 saturated heterocycles. The summed E-state index contributed by atoms with van der Waals surface area (Å²) in [7, 11) is 0. The zero-order valence-corrected chi connectivity index (χ0v) is 11.6. The molecule has 2 aromatic heterocycles. The Hall–Kier alpha value is -1.33. The van der Waals surface area contributed by atoms with Crippen LogP contribution in [-0.2, 0) is 11.8 Å². The monoisotopic (exact) mass is 263 g/mol. The number of aliphatic hydroxyl groups excluding tert-OH is 1. The molecule has 1 atom stereocenters. The van der Waals surface area contributed by atoms with Gasteiger partial charge in [0.15, 0.2) is 0 Å². The third-order valence-corrected chi connectivity index (χ3v) is 3.50. The standard InChI is InChI=1S/C13H17N3OS/c1-13(2,3)12-11(18-16-15-12)10(17)7-9-5-4-6-14-8-9/h4-6,8,10,17H,7H2,1-3H3. The lowest BCUT2D eigenvalue weighted by atomic mass is 9.90. The second-order valence-electron chi connectivity index (χ2n) is 5.32. The fraction of sp³-hybridized carbons (Fsp3) is 0.462. The third-order valence-electron chi connectivity index (χ3n) is 2.68. The smallest absolute Gasteiger partial charge is 0.0958 e. The van der Waals surface area contributed by atoms with E-state index in [0.29, 0.717) is 6.42 Å². The van der Waals surface area contributed by atoms with Crippen molar-refractivity contribution in [2.24, 2.45) is 0 Å². The minimum Gasteiger partial charge on any atom is -0.387 e. The highest BCUT2D eigenvalue weighted by atomic mass is 32.1. The minimum absolute atomic E-state index is 0.0990. The molecule has 96 valence electrons. The number of aromatic nitrogens is 3. The summed E-state index contributed by atoms with van der Waals surface area (Å²) >= 11 is 1.27. The largest absolute Gasteiger partial charge is 0.387 e. The molecule has 5 heteroatoms. The third kappa shape index (κ3) is 2.91. The van der Waals surface area contributed by atoms with Crippen LogP contribution < -0.4 is 0 Å². The summed E-state index contributed by atoms with van der Waals surface area (Å²) in [5.41, 5.74) is 1.79. The first-order valence-electron chi connectivity index (χ1n) is 5.88. The summed E-state index contributed by atoms with van der Waals surface area (Å²) < 4.78 is 3.97. The first-order chi connectivity index (χ1) is 8.48. The van der Waals surface area contributed by atoms with E-state index in [2.05, 4.69) is 35.3 Å². The van der Waals surface area contributed by atoms with Gasteiger partial charge in [0.05, 0.1) is 16.7 Å². The van der Waals surface area contributed by atoms with Crippen molar-refractivity contribution in [1.82, 2.24) is 14.6 Å². The number of rotatable bonds is 3. The molecule has 2 aromatic rings. The van der Waals surface area contributed by atoms with E-state index >= 15 is 0 Å². The highest BCUT2D eigenvalue weighted by Gasteiger charge is 2.26. The van der Waals surface area contributed by atoms with Gasteiger partial charge in [-0.3, -0.25) is 4.98 Å². The molecule has 0 saturated carbocycles. The Morgan fingerprint density at radius 3 is 2.78 bits per heavy atom. The Morgan fingerprint density at radius 1 is 1.39 bits per heavy atom. The molecule has 0 aliphatic rings. The Kier molecular flexibility index (Phi) is 3.73. The van der Waals surface area contributed by atoms with Crippen molar-refractivity contribution in [2.75, 3.05) is 0 Å². The topological polar surface area (TPSA) is 58.9 Å². The number of aliphatic hydroxyl groups is 1. The van der Waals surface area contributed by atoms with Gasteiger partial charge in [0.25, 0.3) is 0 Å². The molecule has 4 nitrogen and oxygen atoms in total. The quantitative estimate of drug-likeness (QED) is 0.924. The molecule has 0 aliphatic carbocycles. The highest BCUT2D eigenvalue weighted by molar-refractivity contribution is 7.05. The van der Waals surface area contributed by atoms with E-state index in [1.165, 1.54) is 11.5 Å². The lowest BCUT2D eigenvalue weighted by Crippen LogP contribution is -2.16. The number of hydrogen-bond donors (Lipinski definition) is 1. The van der Waals surface area contributed by atoms with E-state index in [9.17, 15) is 5.11 Å². The maximum Gasteiger partial charge on any atom is 0.0958 e. The molecule has 1 N–H and O–H groups in total. The van der Waals surface area contributed by atoms with Crippen LogP contribution >= 0.6 is 11.5 Å². The minimum atomic E-state index is -0.566. The molecule has 0 aromatic carbocycles. The van der Waals surface area contributed by atoms with Gasteiger partial charge < -0.3 is 5.11 Å². The molecule has 0 amide bonds. The number of hydrogen-bond acceptors (Lipinski definition) is 5. The molecule has 0 fully saturated rings. The van der Waals surface area contributed by atoms with Gasteiger partial charge in [0.1, 0.15) is 0 Å². The van der Waals surface area contributed by atoms with Crippen molar-refractivity contribution >= 4 is 11.5 Å². The first kappa shape index (κ1) is 13.1. The lowest BCUT2D eigenvalue weighted by Gasteiger charge is -2.18. The van der Waals surface area contributed by atoms with Crippen molar-refractivity contribution in [3.8, 4) is 0 Å². The van der Waals surface area contributed by atoms with Crippen molar-refractivity contribution in [1.29, 1.82) is 0 Å². The summed E-state index contributed by atoms with van der Waals surface area (Å²) in [6.07, 6.45) is 3.48. The van der Waals surface area contributed by atoms with Gasteiger partial charge in [0.2, 0.25) is 0 Å². The van der Waals surface area contributed by atoms with Crippen LogP contribution in [-0.4, -0.2) is 19.7 Å². The van der Waals surface area contributed by atoms with Crippen LogP contribution in [0.1, 0.15) is 43.0 Å². The average Bonchev–Trinajstić information content (AvgIpc) is 2.79. The van der Waals surface area contributed by atoms with Crippen LogP contribution in [0, 0.1) is 0 Å². The van der Waals surface area contributed by atoms with Crippen LogP contribution in [0.4, 0.5) is 0 Å². The summed E-state index contributed by atoms with van der Waals surface area (Å²) in [6.45, 7) is 6.22. The van der Waals surface area contributed by atoms with Crippen LogP contribution in [0.25, 0.3) is 0 Å². The zero-order chi connectivity index (χ0) is 13.2. The summed E-state index contributed by atoms with van der Waals surface area (Å²) in [5, 5.41) is 14.5. The zero-order valence-electron chi connectivity index (χ0n) is 10.8. The summed E-state index contributed by atoms with van der Waals surface area (Å²) in [4.78, 5) is 4.90. The Labute approximate surface area is 111 Å². The van der Waals surface area contributed by atoms with Crippen molar-refractivity contribution in [3.63, 3.8) is 0 Å². The summed E-state index contributed by atoms with van der Waals surface area (Å²) in [6, 6.07) is 3.83. The maximum atomic E-state index is 10.3. The average molecular weight is 263 g/mol. The molecule has 0 aliphatic heterocycles. The predicted molar refractivity (Wildman–Crippen MR) is 71.5 cm³/mol. The Morgan fingerprint density at radius 2 is 2.17 bits per heavy atom. The molecular formula is C13H17N3OS. The van der Waals surface area contributed by atoms with Gasteiger partial charge >= 0.3 is 0 Å². The first-order valence-corrected chi connectivity index (χ1v) is 6.65. The highest BCUT2D eigenvalue weighted by Crippen LogP contribution is 2.31.